The van der Waals surface area contributed by atoms with Crippen LogP contribution in [0.15, 0.2) is 42.5 Å². The Balaban J connectivity index is 1.76. The molecule has 0 saturated heterocycles. The number of benzene rings is 2. The van der Waals surface area contributed by atoms with Crippen LogP contribution < -0.4 is 20.9 Å². The Bertz CT molecular complexity index is 873. The quantitative estimate of drug-likeness (QED) is 0.487. The minimum atomic E-state index is -0.510. The fraction of sp³-hybridized carbons (Fsp3) is 0.211. The lowest BCUT2D eigenvalue weighted by molar-refractivity contribution is -0.123. The Morgan fingerprint density at radius 1 is 1.07 bits per heavy atom. The van der Waals surface area contributed by atoms with Gasteiger partial charge in [-0.3, -0.25) is 25.8 Å². The van der Waals surface area contributed by atoms with Crippen molar-refractivity contribution >= 4 is 52.3 Å². The molecule has 0 aromatic heterocycles. The van der Waals surface area contributed by atoms with E-state index in [-0.39, 0.29) is 17.6 Å². The molecule has 148 valence electrons. The molecular formula is C19H19Cl2N3O3S. The third-order valence-corrected chi connectivity index (χ3v) is 4.37. The van der Waals surface area contributed by atoms with Crippen LogP contribution in [0.4, 0.5) is 0 Å². The second-order valence-corrected chi connectivity index (χ2v) is 7.35. The first-order valence-electron chi connectivity index (χ1n) is 8.34. The molecule has 2 aromatic carbocycles. The zero-order valence-corrected chi connectivity index (χ0v) is 17.5. The van der Waals surface area contributed by atoms with Crippen molar-refractivity contribution in [2.24, 2.45) is 0 Å². The predicted octanol–water partition coefficient (Wildman–Crippen LogP) is 3.83. The molecule has 28 heavy (non-hydrogen) atoms. The Hall–Kier alpha value is -2.35. The topological polar surface area (TPSA) is 79.5 Å². The van der Waals surface area contributed by atoms with E-state index in [9.17, 15) is 9.59 Å². The maximum Gasteiger partial charge on any atom is 0.276 e. The van der Waals surface area contributed by atoms with Crippen molar-refractivity contribution in [1.82, 2.24) is 16.2 Å². The summed E-state index contributed by atoms with van der Waals surface area (Å²) >= 11 is 16.7. The number of halogens is 2. The van der Waals surface area contributed by atoms with Crippen LogP contribution in [-0.4, -0.2) is 23.5 Å². The van der Waals surface area contributed by atoms with Gasteiger partial charge in [-0.2, -0.15) is 0 Å². The van der Waals surface area contributed by atoms with E-state index in [0.29, 0.717) is 27.3 Å². The van der Waals surface area contributed by atoms with Gasteiger partial charge in [-0.25, -0.2) is 0 Å². The van der Waals surface area contributed by atoms with E-state index in [4.69, 9.17) is 40.2 Å². The predicted molar refractivity (Wildman–Crippen MR) is 114 cm³/mol. The molecule has 2 rings (SSSR count). The van der Waals surface area contributed by atoms with Crippen LogP contribution in [0.2, 0.25) is 10.0 Å². The number of ether oxygens (including phenoxy) is 1. The molecule has 6 nitrogen and oxygen atoms in total. The fourth-order valence-electron chi connectivity index (χ4n) is 2.12. The summed E-state index contributed by atoms with van der Waals surface area (Å²) in [4.78, 5) is 24.0. The first-order valence-corrected chi connectivity index (χ1v) is 9.50. The molecule has 2 amide bonds. The minimum Gasteiger partial charge on any atom is -0.482 e. The van der Waals surface area contributed by atoms with Crippen LogP contribution in [0.5, 0.6) is 5.75 Å². The van der Waals surface area contributed by atoms with Gasteiger partial charge in [0.25, 0.3) is 11.8 Å². The Morgan fingerprint density at radius 2 is 1.75 bits per heavy atom. The molecule has 0 radical (unpaired) electrons. The molecule has 9 heteroatoms. The smallest absolute Gasteiger partial charge is 0.276 e. The van der Waals surface area contributed by atoms with Gasteiger partial charge in [-0.15, -0.1) is 0 Å². The standard InChI is InChI=1S/C19H19Cl2N3O3S/c1-11(2)12-3-5-13(6-4-12)18(26)22-19(28)24-23-17(25)10-27-16-8-7-14(20)9-15(16)21/h3-9,11H,10H2,1-2H3,(H,23,25)(H2,22,24,26,28). The van der Waals surface area contributed by atoms with E-state index in [1.54, 1.807) is 24.3 Å². The first kappa shape index (κ1) is 21.9. The third-order valence-electron chi connectivity index (χ3n) is 3.63. The molecule has 2 aromatic rings. The normalized spacial score (nSPS) is 10.3. The largest absolute Gasteiger partial charge is 0.482 e. The molecule has 0 atom stereocenters. The van der Waals surface area contributed by atoms with Crippen molar-refractivity contribution in [3.8, 4) is 5.75 Å². The highest BCUT2D eigenvalue weighted by Crippen LogP contribution is 2.27. The zero-order chi connectivity index (χ0) is 20.7. The van der Waals surface area contributed by atoms with Crippen molar-refractivity contribution in [2.45, 2.75) is 19.8 Å². The summed E-state index contributed by atoms with van der Waals surface area (Å²) in [7, 11) is 0. The molecule has 0 spiro atoms. The number of amides is 2. The Labute approximate surface area is 178 Å². The fourth-order valence-corrected chi connectivity index (χ4v) is 2.73. The zero-order valence-electron chi connectivity index (χ0n) is 15.2. The van der Waals surface area contributed by atoms with Gasteiger partial charge in [0, 0.05) is 10.6 Å². The molecule has 0 bridgehead atoms. The molecule has 0 aliphatic heterocycles. The SMILES string of the molecule is CC(C)c1ccc(C(=O)NC(=S)NNC(=O)COc2ccc(Cl)cc2Cl)cc1. The summed E-state index contributed by atoms with van der Waals surface area (Å²) in [6.07, 6.45) is 0. The van der Waals surface area contributed by atoms with E-state index in [2.05, 4.69) is 30.0 Å². The van der Waals surface area contributed by atoms with Crippen LogP contribution in [0.1, 0.15) is 35.7 Å². The summed E-state index contributed by atoms with van der Waals surface area (Å²) < 4.78 is 5.29. The molecule has 0 unspecified atom stereocenters. The number of hydrogen-bond acceptors (Lipinski definition) is 4. The summed E-state index contributed by atoms with van der Waals surface area (Å²) in [6, 6.07) is 11.9. The highest BCUT2D eigenvalue weighted by Gasteiger charge is 2.10. The number of carbonyl (C=O) groups excluding carboxylic acids is 2. The minimum absolute atomic E-state index is 0.0455. The van der Waals surface area contributed by atoms with Crippen molar-refractivity contribution in [2.75, 3.05) is 6.61 Å². The summed E-state index contributed by atoms with van der Waals surface area (Å²) in [5, 5.41) is 3.19. The number of hydrogen-bond donors (Lipinski definition) is 3. The van der Waals surface area contributed by atoms with E-state index in [1.807, 2.05) is 12.1 Å². The third kappa shape index (κ3) is 6.67. The lowest BCUT2D eigenvalue weighted by Crippen LogP contribution is -2.49. The van der Waals surface area contributed by atoms with Crippen molar-refractivity contribution in [1.29, 1.82) is 0 Å². The summed E-state index contributed by atoms with van der Waals surface area (Å²) in [5.74, 6) is -0.197. The molecular weight excluding hydrogens is 421 g/mol. The average Bonchev–Trinajstić information content (AvgIpc) is 2.65. The first-order chi connectivity index (χ1) is 13.3. The maximum absolute atomic E-state index is 12.2. The summed E-state index contributed by atoms with van der Waals surface area (Å²) in [5.41, 5.74) is 6.35. The second kappa shape index (κ2) is 10.3. The number of rotatable bonds is 5. The molecule has 0 heterocycles. The number of carbonyl (C=O) groups is 2. The lowest BCUT2D eigenvalue weighted by Gasteiger charge is -2.12. The van der Waals surface area contributed by atoms with Crippen LogP contribution in [0.3, 0.4) is 0 Å². The Kier molecular flexibility index (Phi) is 8.04. The van der Waals surface area contributed by atoms with Gasteiger partial charge in [-0.1, -0.05) is 49.2 Å². The van der Waals surface area contributed by atoms with Gasteiger partial charge < -0.3 is 4.74 Å². The van der Waals surface area contributed by atoms with Crippen LogP contribution in [0, 0.1) is 0 Å². The molecule has 0 fully saturated rings. The van der Waals surface area contributed by atoms with E-state index >= 15 is 0 Å². The van der Waals surface area contributed by atoms with Gasteiger partial charge in [-0.05, 0) is 54.0 Å². The van der Waals surface area contributed by atoms with Crippen molar-refractivity contribution in [3.05, 3.63) is 63.6 Å². The van der Waals surface area contributed by atoms with E-state index in [0.717, 1.165) is 5.56 Å². The van der Waals surface area contributed by atoms with Crippen LogP contribution >= 0.6 is 35.4 Å². The van der Waals surface area contributed by atoms with Crippen LogP contribution in [0.25, 0.3) is 0 Å². The Morgan fingerprint density at radius 3 is 2.36 bits per heavy atom. The highest BCUT2D eigenvalue weighted by molar-refractivity contribution is 7.80. The van der Waals surface area contributed by atoms with Gasteiger partial charge in [0.05, 0.1) is 5.02 Å². The number of nitrogens with one attached hydrogen (secondary N) is 3. The lowest BCUT2D eigenvalue weighted by atomic mass is 10.0. The molecule has 0 aliphatic carbocycles. The molecule has 0 aliphatic rings. The van der Waals surface area contributed by atoms with E-state index in [1.165, 1.54) is 6.07 Å². The number of thiocarbonyl (C=S) groups is 1. The van der Waals surface area contributed by atoms with Gasteiger partial charge in [0.15, 0.2) is 11.7 Å². The van der Waals surface area contributed by atoms with Crippen molar-refractivity contribution in [3.63, 3.8) is 0 Å². The summed E-state index contributed by atoms with van der Waals surface area (Å²) in [6.45, 7) is 3.84. The number of hydrazine groups is 1. The van der Waals surface area contributed by atoms with Crippen LogP contribution in [-0.2, 0) is 4.79 Å². The highest BCUT2D eigenvalue weighted by atomic mass is 35.5. The average molecular weight is 440 g/mol. The van der Waals surface area contributed by atoms with E-state index < -0.39 is 5.91 Å². The van der Waals surface area contributed by atoms with Crippen molar-refractivity contribution < 1.29 is 14.3 Å². The second-order valence-electron chi connectivity index (χ2n) is 6.10. The molecule has 3 N–H and O–H groups in total. The monoisotopic (exact) mass is 439 g/mol. The maximum atomic E-state index is 12.2. The van der Waals surface area contributed by atoms with Gasteiger partial charge in [0.2, 0.25) is 0 Å². The van der Waals surface area contributed by atoms with Gasteiger partial charge >= 0.3 is 0 Å². The van der Waals surface area contributed by atoms with Gasteiger partial charge in [0.1, 0.15) is 5.75 Å². The molecule has 0 saturated carbocycles.